The molecule has 0 bridgehead atoms. The number of hydrogen-bond donors (Lipinski definition) is 1. The molecule has 0 saturated carbocycles. The van der Waals surface area contributed by atoms with Crippen LogP contribution < -0.4 is 5.73 Å². The Morgan fingerprint density at radius 1 is 1.05 bits per heavy atom. The van der Waals surface area contributed by atoms with Gasteiger partial charge in [-0.05, 0) is 28.8 Å². The molecule has 19 heavy (non-hydrogen) atoms. The molecule has 2 aromatic rings. The van der Waals surface area contributed by atoms with E-state index in [1.165, 1.54) is 54.2 Å². The fraction of sp³-hybridized carbons (Fsp3) is 0.529. The number of thiophene rings is 1. The molecule has 0 amide bonds. The largest absolute Gasteiger partial charge is 0.324 e. The molecule has 104 valence electrons. The van der Waals surface area contributed by atoms with Crippen molar-refractivity contribution in [2.24, 2.45) is 5.73 Å². The Balaban J connectivity index is 1.83. The van der Waals surface area contributed by atoms with Crippen LogP contribution in [-0.2, 0) is 0 Å². The molecule has 1 aromatic heterocycles. The van der Waals surface area contributed by atoms with E-state index in [2.05, 4.69) is 36.6 Å². The van der Waals surface area contributed by atoms with E-state index in [0.717, 1.165) is 6.42 Å². The van der Waals surface area contributed by atoms with Crippen LogP contribution in [0, 0.1) is 0 Å². The predicted molar refractivity (Wildman–Crippen MR) is 86.7 cm³/mol. The van der Waals surface area contributed by atoms with Crippen molar-refractivity contribution in [3.8, 4) is 0 Å². The van der Waals surface area contributed by atoms with Crippen molar-refractivity contribution in [1.82, 2.24) is 0 Å². The zero-order valence-corrected chi connectivity index (χ0v) is 12.7. The lowest BCUT2D eigenvalue weighted by atomic mass is 9.99. The topological polar surface area (TPSA) is 26.0 Å². The van der Waals surface area contributed by atoms with Crippen LogP contribution in [0.3, 0.4) is 0 Å². The zero-order valence-electron chi connectivity index (χ0n) is 11.9. The maximum atomic E-state index is 6.37. The summed E-state index contributed by atoms with van der Waals surface area (Å²) in [6, 6.07) is 8.88. The van der Waals surface area contributed by atoms with E-state index in [1.807, 2.05) is 11.3 Å². The molecule has 1 unspecified atom stereocenters. The number of hydrogen-bond acceptors (Lipinski definition) is 2. The monoisotopic (exact) mass is 275 g/mol. The number of nitrogens with two attached hydrogens (primary N) is 1. The average Bonchev–Trinajstić information content (AvgIpc) is 2.90. The third kappa shape index (κ3) is 4.05. The number of unbranched alkanes of at least 4 members (excludes halogenated alkanes) is 5. The molecule has 0 aliphatic heterocycles. The summed E-state index contributed by atoms with van der Waals surface area (Å²) in [4.78, 5) is 0. The molecule has 0 spiro atoms. The molecule has 1 aromatic carbocycles. The van der Waals surface area contributed by atoms with E-state index >= 15 is 0 Å². The van der Waals surface area contributed by atoms with Crippen LogP contribution in [0.15, 0.2) is 29.6 Å². The number of benzene rings is 1. The second-order valence-electron chi connectivity index (χ2n) is 5.35. The molecule has 2 N–H and O–H groups in total. The van der Waals surface area contributed by atoms with Crippen molar-refractivity contribution < 1.29 is 0 Å². The maximum Gasteiger partial charge on any atom is 0.0390 e. The Kier molecular flexibility index (Phi) is 5.87. The summed E-state index contributed by atoms with van der Waals surface area (Å²) in [7, 11) is 0. The first-order chi connectivity index (χ1) is 9.33. The molecular weight excluding hydrogens is 250 g/mol. The van der Waals surface area contributed by atoms with Crippen LogP contribution in [0.4, 0.5) is 0 Å². The van der Waals surface area contributed by atoms with Crippen molar-refractivity contribution in [2.45, 2.75) is 57.9 Å². The van der Waals surface area contributed by atoms with E-state index in [0.29, 0.717) is 0 Å². The minimum Gasteiger partial charge on any atom is -0.324 e. The van der Waals surface area contributed by atoms with E-state index in [4.69, 9.17) is 5.73 Å². The third-order valence-corrected chi connectivity index (χ3v) is 4.76. The van der Waals surface area contributed by atoms with Crippen molar-refractivity contribution in [1.29, 1.82) is 0 Å². The Hall–Kier alpha value is -0.860. The molecule has 2 heteroatoms. The first-order valence-corrected chi connectivity index (χ1v) is 8.42. The van der Waals surface area contributed by atoms with Gasteiger partial charge in [0.1, 0.15) is 0 Å². The minimum absolute atomic E-state index is 0.202. The van der Waals surface area contributed by atoms with Crippen molar-refractivity contribution in [3.63, 3.8) is 0 Å². The highest BCUT2D eigenvalue weighted by Gasteiger charge is 2.10. The summed E-state index contributed by atoms with van der Waals surface area (Å²) in [5.74, 6) is 0. The zero-order chi connectivity index (χ0) is 13.5. The van der Waals surface area contributed by atoms with Crippen molar-refractivity contribution >= 4 is 21.4 Å². The standard InChI is InChI=1S/C17H25NS/c1-2-3-4-5-6-7-11-16(18)15-10-8-9-14-12-13-19-17(14)15/h8-10,12-13,16H,2-7,11,18H2,1H3. The highest BCUT2D eigenvalue weighted by atomic mass is 32.1. The molecule has 2 rings (SSSR count). The second-order valence-corrected chi connectivity index (χ2v) is 6.27. The second kappa shape index (κ2) is 7.66. The molecule has 0 aliphatic carbocycles. The Bertz CT molecular complexity index is 489. The quantitative estimate of drug-likeness (QED) is 0.619. The Morgan fingerprint density at radius 3 is 2.68 bits per heavy atom. The van der Waals surface area contributed by atoms with Gasteiger partial charge in [-0.25, -0.2) is 0 Å². The fourth-order valence-corrected chi connectivity index (χ4v) is 3.59. The average molecular weight is 275 g/mol. The number of fused-ring (bicyclic) bond motifs is 1. The van der Waals surface area contributed by atoms with Crippen LogP contribution in [0.25, 0.3) is 10.1 Å². The van der Waals surface area contributed by atoms with Gasteiger partial charge in [0.05, 0.1) is 0 Å². The summed E-state index contributed by atoms with van der Waals surface area (Å²) in [6.45, 7) is 2.26. The molecule has 0 aliphatic rings. The first kappa shape index (κ1) is 14.5. The van der Waals surface area contributed by atoms with E-state index < -0.39 is 0 Å². The normalized spacial score (nSPS) is 12.9. The Morgan fingerprint density at radius 2 is 1.84 bits per heavy atom. The SMILES string of the molecule is CCCCCCCCC(N)c1cccc2ccsc12. The molecule has 0 radical (unpaired) electrons. The van der Waals surface area contributed by atoms with Crippen LogP contribution >= 0.6 is 11.3 Å². The molecule has 1 heterocycles. The molecule has 0 saturated heterocycles. The molecule has 1 atom stereocenters. The van der Waals surface area contributed by atoms with Gasteiger partial charge < -0.3 is 5.73 Å². The van der Waals surface area contributed by atoms with Gasteiger partial charge in [-0.1, -0.05) is 63.6 Å². The van der Waals surface area contributed by atoms with Crippen LogP contribution in [0.2, 0.25) is 0 Å². The fourth-order valence-electron chi connectivity index (χ4n) is 2.61. The van der Waals surface area contributed by atoms with Gasteiger partial charge in [0.25, 0.3) is 0 Å². The smallest absolute Gasteiger partial charge is 0.0390 e. The van der Waals surface area contributed by atoms with Crippen molar-refractivity contribution in [3.05, 3.63) is 35.2 Å². The van der Waals surface area contributed by atoms with Crippen molar-refractivity contribution in [2.75, 3.05) is 0 Å². The molecule has 1 nitrogen and oxygen atoms in total. The van der Waals surface area contributed by atoms with E-state index in [9.17, 15) is 0 Å². The molecule has 0 fully saturated rings. The van der Waals surface area contributed by atoms with Crippen LogP contribution in [0.1, 0.15) is 63.5 Å². The lowest BCUT2D eigenvalue weighted by Gasteiger charge is -2.13. The summed E-state index contributed by atoms with van der Waals surface area (Å²) >= 11 is 1.81. The highest BCUT2D eigenvalue weighted by Crippen LogP contribution is 2.30. The number of rotatable bonds is 8. The first-order valence-electron chi connectivity index (χ1n) is 7.54. The van der Waals surface area contributed by atoms with Gasteiger partial charge in [-0.3, -0.25) is 0 Å². The predicted octanol–water partition coefficient (Wildman–Crippen LogP) is 5.65. The Labute approximate surface area is 120 Å². The minimum atomic E-state index is 0.202. The third-order valence-electron chi connectivity index (χ3n) is 3.78. The lowest BCUT2D eigenvalue weighted by Crippen LogP contribution is -2.10. The van der Waals surface area contributed by atoms with Crippen LogP contribution in [-0.4, -0.2) is 0 Å². The van der Waals surface area contributed by atoms with Gasteiger partial charge in [0.2, 0.25) is 0 Å². The summed E-state index contributed by atoms with van der Waals surface area (Å²) in [6.07, 6.45) is 9.14. The van der Waals surface area contributed by atoms with Gasteiger partial charge >= 0.3 is 0 Å². The lowest BCUT2D eigenvalue weighted by molar-refractivity contribution is 0.549. The highest BCUT2D eigenvalue weighted by molar-refractivity contribution is 7.17. The molecular formula is C17H25NS. The van der Waals surface area contributed by atoms with E-state index in [-0.39, 0.29) is 6.04 Å². The summed E-state index contributed by atoms with van der Waals surface area (Å²) < 4.78 is 1.38. The van der Waals surface area contributed by atoms with E-state index in [1.54, 1.807) is 0 Å². The van der Waals surface area contributed by atoms with Gasteiger partial charge in [0, 0.05) is 10.7 Å². The summed E-state index contributed by atoms with van der Waals surface area (Å²) in [5.41, 5.74) is 7.70. The van der Waals surface area contributed by atoms with Crippen LogP contribution in [0.5, 0.6) is 0 Å². The van der Waals surface area contributed by atoms with Gasteiger partial charge in [0.15, 0.2) is 0 Å². The van der Waals surface area contributed by atoms with Gasteiger partial charge in [-0.2, -0.15) is 0 Å². The van der Waals surface area contributed by atoms with Gasteiger partial charge in [-0.15, -0.1) is 11.3 Å². The summed E-state index contributed by atoms with van der Waals surface area (Å²) in [5, 5.41) is 3.49. The maximum absolute atomic E-state index is 6.37.